The summed E-state index contributed by atoms with van der Waals surface area (Å²) in [6.07, 6.45) is 1.96. The summed E-state index contributed by atoms with van der Waals surface area (Å²) in [6, 6.07) is 25.7. The van der Waals surface area contributed by atoms with Gasteiger partial charge >= 0.3 is 0 Å². The monoisotopic (exact) mass is 458 g/mol. The first-order chi connectivity index (χ1) is 16.7. The third-order valence-electron chi connectivity index (χ3n) is 7.16. The molecule has 1 saturated heterocycles. The van der Waals surface area contributed by atoms with Crippen molar-refractivity contribution >= 4 is 0 Å². The Morgan fingerprint density at radius 1 is 0.941 bits per heavy atom. The van der Waals surface area contributed by atoms with Gasteiger partial charge in [0.15, 0.2) is 11.5 Å². The van der Waals surface area contributed by atoms with Crippen LogP contribution in [-0.2, 0) is 17.8 Å². The number of fused-ring (bicyclic) bond motifs is 3. The van der Waals surface area contributed by atoms with Crippen LogP contribution in [0.15, 0.2) is 72.8 Å². The lowest BCUT2D eigenvalue weighted by Crippen LogP contribution is -2.49. The predicted molar refractivity (Wildman–Crippen MR) is 134 cm³/mol. The summed E-state index contributed by atoms with van der Waals surface area (Å²) < 4.78 is 17.6. The molecule has 0 unspecified atom stereocenters. The number of piperidine rings is 1. The van der Waals surface area contributed by atoms with E-state index in [1.54, 1.807) is 7.11 Å². The number of rotatable bonds is 8. The fourth-order valence-corrected chi connectivity index (χ4v) is 5.37. The standard InChI is InChI=1S/C29H34N2O3/c1-32-28-17-24-23(16-29(28)34-15-14-33-20-21-8-4-2-5-9-21)12-13-31-19-25(26(30)18-27(24)31)22-10-6-3-7-11-22/h2-11,16-17,25-27H,12-15,18-20,30H2,1H3/t25-,26+,27+/m0/s1. The van der Waals surface area contributed by atoms with Crippen LogP contribution in [0.2, 0.25) is 0 Å². The third kappa shape index (κ3) is 4.97. The highest BCUT2D eigenvalue weighted by molar-refractivity contribution is 5.50. The van der Waals surface area contributed by atoms with Crippen LogP contribution in [0, 0.1) is 0 Å². The van der Waals surface area contributed by atoms with Gasteiger partial charge in [0.05, 0.1) is 20.3 Å². The van der Waals surface area contributed by atoms with Crippen molar-refractivity contribution in [2.45, 2.75) is 37.5 Å². The second-order valence-electron chi connectivity index (χ2n) is 9.27. The van der Waals surface area contributed by atoms with Crippen LogP contribution in [0.5, 0.6) is 11.5 Å². The molecule has 2 aliphatic heterocycles. The van der Waals surface area contributed by atoms with E-state index < -0.39 is 0 Å². The van der Waals surface area contributed by atoms with E-state index in [9.17, 15) is 0 Å². The maximum Gasteiger partial charge on any atom is 0.161 e. The molecule has 0 bridgehead atoms. The molecular formula is C29H34N2O3. The van der Waals surface area contributed by atoms with Gasteiger partial charge < -0.3 is 19.9 Å². The fraction of sp³-hybridized carbons (Fsp3) is 0.379. The molecule has 2 heterocycles. The van der Waals surface area contributed by atoms with Gasteiger partial charge in [0.1, 0.15) is 6.61 Å². The van der Waals surface area contributed by atoms with Crippen LogP contribution >= 0.6 is 0 Å². The van der Waals surface area contributed by atoms with Crippen LogP contribution in [0.4, 0.5) is 0 Å². The van der Waals surface area contributed by atoms with Crippen molar-refractivity contribution in [3.8, 4) is 11.5 Å². The highest BCUT2D eigenvalue weighted by Crippen LogP contribution is 2.44. The first-order valence-corrected chi connectivity index (χ1v) is 12.2. The number of benzene rings is 3. The fourth-order valence-electron chi connectivity index (χ4n) is 5.37. The molecule has 1 fully saturated rings. The molecular weight excluding hydrogens is 424 g/mol. The molecule has 3 aromatic carbocycles. The van der Waals surface area contributed by atoms with E-state index >= 15 is 0 Å². The second-order valence-corrected chi connectivity index (χ2v) is 9.27. The van der Waals surface area contributed by atoms with Gasteiger partial charge in [-0.1, -0.05) is 60.7 Å². The van der Waals surface area contributed by atoms with Crippen molar-refractivity contribution in [3.63, 3.8) is 0 Å². The highest BCUT2D eigenvalue weighted by Gasteiger charge is 2.38. The minimum absolute atomic E-state index is 0.137. The van der Waals surface area contributed by atoms with Crippen molar-refractivity contribution in [3.05, 3.63) is 95.1 Å². The molecule has 0 spiro atoms. The third-order valence-corrected chi connectivity index (χ3v) is 7.16. The largest absolute Gasteiger partial charge is 0.493 e. The summed E-state index contributed by atoms with van der Waals surface area (Å²) >= 11 is 0. The summed E-state index contributed by atoms with van der Waals surface area (Å²) in [4.78, 5) is 2.60. The van der Waals surface area contributed by atoms with Gasteiger partial charge in [-0.3, -0.25) is 4.90 Å². The van der Waals surface area contributed by atoms with Crippen LogP contribution in [-0.4, -0.2) is 44.4 Å². The number of nitrogens with zero attached hydrogens (tertiary/aromatic N) is 1. The van der Waals surface area contributed by atoms with Gasteiger partial charge in [-0.2, -0.15) is 0 Å². The minimum Gasteiger partial charge on any atom is -0.493 e. The summed E-state index contributed by atoms with van der Waals surface area (Å²) in [7, 11) is 1.71. The molecule has 0 saturated carbocycles. The lowest BCUT2D eigenvalue weighted by molar-refractivity contribution is 0.0875. The van der Waals surface area contributed by atoms with Crippen LogP contribution in [0.1, 0.15) is 40.6 Å². The van der Waals surface area contributed by atoms with Gasteiger partial charge in [-0.25, -0.2) is 0 Å². The predicted octanol–water partition coefficient (Wildman–Crippen LogP) is 4.70. The van der Waals surface area contributed by atoms with Crippen LogP contribution in [0.3, 0.4) is 0 Å². The zero-order valence-electron chi connectivity index (χ0n) is 19.9. The van der Waals surface area contributed by atoms with E-state index in [0.717, 1.165) is 37.4 Å². The molecule has 5 heteroatoms. The molecule has 2 N–H and O–H groups in total. The summed E-state index contributed by atoms with van der Waals surface area (Å²) in [5, 5.41) is 0. The van der Waals surface area contributed by atoms with Crippen molar-refractivity contribution in [1.29, 1.82) is 0 Å². The van der Waals surface area contributed by atoms with Gasteiger partial charge in [0, 0.05) is 31.1 Å². The maximum absolute atomic E-state index is 6.72. The Kier molecular flexibility index (Phi) is 7.14. The van der Waals surface area contributed by atoms with E-state index in [-0.39, 0.29) is 6.04 Å². The van der Waals surface area contributed by atoms with Gasteiger partial charge in [-0.05, 0) is 47.2 Å². The lowest BCUT2D eigenvalue weighted by atomic mass is 9.78. The number of hydrogen-bond acceptors (Lipinski definition) is 5. The topological polar surface area (TPSA) is 57.0 Å². The molecule has 2 aliphatic rings. The molecule has 3 atom stereocenters. The SMILES string of the molecule is COc1cc2c(cc1OCCOCc1ccccc1)CCN1C[C@@H](c3ccccc3)[C@H](N)C[C@H]21. The molecule has 34 heavy (non-hydrogen) atoms. The molecule has 0 aromatic heterocycles. The Balaban J connectivity index is 1.24. The van der Waals surface area contributed by atoms with Crippen LogP contribution < -0.4 is 15.2 Å². The van der Waals surface area contributed by atoms with Crippen molar-refractivity contribution in [1.82, 2.24) is 4.90 Å². The number of methoxy groups -OCH3 is 1. The Labute approximate surface area is 202 Å². The van der Waals surface area contributed by atoms with E-state index in [4.69, 9.17) is 19.9 Å². The van der Waals surface area contributed by atoms with Crippen molar-refractivity contribution < 1.29 is 14.2 Å². The smallest absolute Gasteiger partial charge is 0.161 e. The van der Waals surface area contributed by atoms with E-state index in [2.05, 4.69) is 59.5 Å². The maximum atomic E-state index is 6.72. The summed E-state index contributed by atoms with van der Waals surface area (Å²) in [6.45, 7) is 3.64. The Morgan fingerprint density at radius 3 is 2.47 bits per heavy atom. The zero-order chi connectivity index (χ0) is 23.3. The zero-order valence-corrected chi connectivity index (χ0v) is 19.9. The first kappa shape index (κ1) is 22.9. The number of nitrogens with two attached hydrogens (primary N) is 1. The molecule has 3 aromatic rings. The Hall–Kier alpha value is -2.86. The van der Waals surface area contributed by atoms with Gasteiger partial charge in [0.2, 0.25) is 0 Å². The average Bonchev–Trinajstić information content (AvgIpc) is 2.88. The minimum atomic E-state index is 0.137. The quantitative estimate of drug-likeness (QED) is 0.496. The second kappa shape index (κ2) is 10.6. The summed E-state index contributed by atoms with van der Waals surface area (Å²) in [5.74, 6) is 1.95. The Bertz CT molecular complexity index is 1070. The van der Waals surface area contributed by atoms with E-state index in [1.807, 2.05) is 18.2 Å². The molecule has 5 nitrogen and oxygen atoms in total. The van der Waals surface area contributed by atoms with Crippen molar-refractivity contribution in [2.24, 2.45) is 5.73 Å². The van der Waals surface area contributed by atoms with Crippen LogP contribution in [0.25, 0.3) is 0 Å². The normalized spacial score (nSPS) is 22.0. The van der Waals surface area contributed by atoms with Gasteiger partial charge in [0.25, 0.3) is 0 Å². The molecule has 0 radical (unpaired) electrons. The average molecular weight is 459 g/mol. The highest BCUT2D eigenvalue weighted by atomic mass is 16.5. The van der Waals surface area contributed by atoms with E-state index in [0.29, 0.717) is 31.8 Å². The molecule has 5 rings (SSSR count). The first-order valence-electron chi connectivity index (χ1n) is 12.2. The van der Waals surface area contributed by atoms with Crippen molar-refractivity contribution in [2.75, 3.05) is 33.4 Å². The lowest BCUT2D eigenvalue weighted by Gasteiger charge is -2.46. The number of ether oxygens (including phenoxy) is 3. The molecule has 178 valence electrons. The van der Waals surface area contributed by atoms with E-state index in [1.165, 1.54) is 22.3 Å². The molecule has 0 aliphatic carbocycles. The summed E-state index contributed by atoms with van der Waals surface area (Å²) in [5.41, 5.74) is 11.9. The van der Waals surface area contributed by atoms with Gasteiger partial charge in [-0.15, -0.1) is 0 Å². The Morgan fingerprint density at radius 2 is 1.71 bits per heavy atom. The number of hydrogen-bond donors (Lipinski definition) is 1. The molecule has 0 amide bonds.